The zero-order valence-electron chi connectivity index (χ0n) is 10.4. The summed E-state index contributed by atoms with van der Waals surface area (Å²) in [5, 5.41) is 1.03. The molecule has 0 saturated heterocycles. The second-order valence-corrected chi connectivity index (χ2v) is 4.61. The van der Waals surface area contributed by atoms with Gasteiger partial charge in [0.2, 0.25) is 5.71 Å². The van der Waals surface area contributed by atoms with E-state index in [1.54, 1.807) is 12.6 Å². The summed E-state index contributed by atoms with van der Waals surface area (Å²) < 4.78 is 5.54. The third kappa shape index (κ3) is 1.68. The molecule has 3 rings (SSSR count). The van der Waals surface area contributed by atoms with Crippen molar-refractivity contribution >= 4 is 11.1 Å². The Labute approximate surface area is 105 Å². The second kappa shape index (κ2) is 4.26. The number of hydrogen-bond donors (Lipinski definition) is 0. The lowest BCUT2D eigenvalue weighted by atomic mass is 10.0. The maximum absolute atomic E-state index is 5.54. The highest BCUT2D eigenvalue weighted by atomic mass is 16.3. The minimum absolute atomic E-state index is 0.343. The Balaban J connectivity index is 2.31. The molecular weight excluding hydrogens is 224 g/mol. The van der Waals surface area contributed by atoms with Gasteiger partial charge >= 0.3 is 0 Å². The standard InChI is InChI=1S/C15H14N2O/c1-10(2)14-13-12(11-6-4-3-5-7-11)8-18-15(13)17-9-16-14/h3-10H,1-2H3. The lowest BCUT2D eigenvalue weighted by Gasteiger charge is -2.06. The Bertz CT molecular complexity index is 671. The molecule has 2 aromatic heterocycles. The van der Waals surface area contributed by atoms with E-state index in [-0.39, 0.29) is 0 Å². The highest BCUT2D eigenvalue weighted by Crippen LogP contribution is 2.33. The highest BCUT2D eigenvalue weighted by molar-refractivity contribution is 5.93. The number of fused-ring (bicyclic) bond motifs is 1. The van der Waals surface area contributed by atoms with Crippen LogP contribution in [0.4, 0.5) is 0 Å². The van der Waals surface area contributed by atoms with Crippen LogP contribution in [-0.2, 0) is 0 Å². The van der Waals surface area contributed by atoms with Gasteiger partial charge in [0.25, 0.3) is 0 Å². The monoisotopic (exact) mass is 238 g/mol. The average Bonchev–Trinajstić information content (AvgIpc) is 2.83. The SMILES string of the molecule is CC(C)c1ncnc2occ(-c3ccccc3)c12. The summed E-state index contributed by atoms with van der Waals surface area (Å²) in [5.74, 6) is 0.343. The molecule has 90 valence electrons. The van der Waals surface area contributed by atoms with Crippen LogP contribution in [0.25, 0.3) is 22.2 Å². The van der Waals surface area contributed by atoms with Crippen molar-refractivity contribution in [2.45, 2.75) is 19.8 Å². The topological polar surface area (TPSA) is 38.9 Å². The third-order valence-corrected chi connectivity index (χ3v) is 3.03. The minimum atomic E-state index is 0.343. The first-order valence-corrected chi connectivity index (χ1v) is 6.05. The second-order valence-electron chi connectivity index (χ2n) is 4.61. The smallest absolute Gasteiger partial charge is 0.229 e. The number of hydrogen-bond acceptors (Lipinski definition) is 3. The van der Waals surface area contributed by atoms with E-state index in [1.807, 2.05) is 18.2 Å². The van der Waals surface area contributed by atoms with Gasteiger partial charge in [-0.25, -0.2) is 9.97 Å². The van der Waals surface area contributed by atoms with Crippen molar-refractivity contribution in [3.8, 4) is 11.1 Å². The van der Waals surface area contributed by atoms with Gasteiger partial charge in [0.15, 0.2) is 0 Å². The molecule has 0 radical (unpaired) electrons. The van der Waals surface area contributed by atoms with Crippen LogP contribution in [0.15, 0.2) is 47.3 Å². The fraction of sp³-hybridized carbons (Fsp3) is 0.200. The van der Waals surface area contributed by atoms with E-state index in [9.17, 15) is 0 Å². The maximum atomic E-state index is 5.54. The van der Waals surface area contributed by atoms with E-state index in [1.165, 1.54) is 0 Å². The van der Waals surface area contributed by atoms with Crippen LogP contribution in [-0.4, -0.2) is 9.97 Å². The molecule has 0 saturated carbocycles. The van der Waals surface area contributed by atoms with E-state index in [0.29, 0.717) is 11.6 Å². The molecule has 3 heteroatoms. The minimum Gasteiger partial charge on any atom is -0.445 e. The zero-order valence-corrected chi connectivity index (χ0v) is 10.4. The molecule has 1 aromatic carbocycles. The van der Waals surface area contributed by atoms with Crippen molar-refractivity contribution in [1.29, 1.82) is 0 Å². The molecule has 0 amide bonds. The quantitative estimate of drug-likeness (QED) is 0.677. The van der Waals surface area contributed by atoms with Crippen LogP contribution in [0.5, 0.6) is 0 Å². The van der Waals surface area contributed by atoms with Crippen LogP contribution in [0.3, 0.4) is 0 Å². The van der Waals surface area contributed by atoms with Crippen molar-refractivity contribution in [3.63, 3.8) is 0 Å². The van der Waals surface area contributed by atoms with Crippen LogP contribution in [0.2, 0.25) is 0 Å². The molecule has 3 aromatic rings. The average molecular weight is 238 g/mol. The third-order valence-electron chi connectivity index (χ3n) is 3.03. The van der Waals surface area contributed by atoms with Gasteiger partial charge in [-0.3, -0.25) is 0 Å². The molecule has 0 N–H and O–H groups in total. The van der Waals surface area contributed by atoms with E-state index < -0.39 is 0 Å². The molecule has 0 aliphatic heterocycles. The lowest BCUT2D eigenvalue weighted by Crippen LogP contribution is -1.94. The summed E-state index contributed by atoms with van der Waals surface area (Å²) in [6.07, 6.45) is 3.33. The molecule has 0 atom stereocenters. The molecule has 0 aliphatic carbocycles. The number of benzene rings is 1. The van der Waals surface area contributed by atoms with Gasteiger partial charge in [-0.15, -0.1) is 0 Å². The lowest BCUT2D eigenvalue weighted by molar-refractivity contribution is 0.602. The summed E-state index contributed by atoms with van der Waals surface area (Å²) in [5.41, 5.74) is 3.89. The molecule has 0 aliphatic rings. The number of furan rings is 1. The molecule has 0 bridgehead atoms. The van der Waals surface area contributed by atoms with E-state index in [0.717, 1.165) is 22.2 Å². The van der Waals surface area contributed by atoms with Gasteiger partial charge in [-0.1, -0.05) is 44.2 Å². The number of nitrogens with zero attached hydrogens (tertiary/aromatic N) is 2. The van der Waals surface area contributed by atoms with E-state index in [2.05, 4.69) is 35.9 Å². The predicted octanol–water partition coefficient (Wildman–Crippen LogP) is 4.01. The van der Waals surface area contributed by atoms with E-state index >= 15 is 0 Å². The van der Waals surface area contributed by atoms with Crippen molar-refractivity contribution in [2.24, 2.45) is 0 Å². The van der Waals surface area contributed by atoms with Crippen molar-refractivity contribution in [3.05, 3.63) is 48.6 Å². The highest BCUT2D eigenvalue weighted by Gasteiger charge is 2.15. The Morgan fingerprint density at radius 2 is 1.83 bits per heavy atom. The van der Waals surface area contributed by atoms with Gasteiger partial charge in [-0.05, 0) is 11.5 Å². The first-order valence-electron chi connectivity index (χ1n) is 6.05. The Kier molecular flexibility index (Phi) is 2.59. The maximum Gasteiger partial charge on any atom is 0.229 e. The summed E-state index contributed by atoms with van der Waals surface area (Å²) in [7, 11) is 0. The van der Waals surface area contributed by atoms with Crippen molar-refractivity contribution in [2.75, 3.05) is 0 Å². The number of aromatic nitrogens is 2. The molecule has 3 nitrogen and oxygen atoms in total. The first-order chi connectivity index (χ1) is 8.77. The van der Waals surface area contributed by atoms with Crippen LogP contribution >= 0.6 is 0 Å². The van der Waals surface area contributed by atoms with Gasteiger partial charge in [0.1, 0.15) is 12.6 Å². The molecule has 0 fully saturated rings. The van der Waals surface area contributed by atoms with Crippen molar-refractivity contribution < 1.29 is 4.42 Å². The Morgan fingerprint density at radius 1 is 1.06 bits per heavy atom. The van der Waals surface area contributed by atoms with Gasteiger partial charge < -0.3 is 4.42 Å². The van der Waals surface area contributed by atoms with Crippen molar-refractivity contribution in [1.82, 2.24) is 9.97 Å². The summed E-state index contributed by atoms with van der Waals surface area (Å²) in [4.78, 5) is 8.59. The largest absolute Gasteiger partial charge is 0.445 e. The molecular formula is C15H14N2O. The van der Waals surface area contributed by atoms with Gasteiger partial charge in [0, 0.05) is 5.56 Å². The summed E-state index contributed by atoms with van der Waals surface area (Å²) in [6, 6.07) is 10.2. The van der Waals surface area contributed by atoms with Gasteiger partial charge in [-0.2, -0.15) is 0 Å². The Hall–Kier alpha value is -2.16. The molecule has 2 heterocycles. The fourth-order valence-electron chi connectivity index (χ4n) is 2.17. The van der Waals surface area contributed by atoms with Crippen LogP contribution in [0.1, 0.15) is 25.5 Å². The van der Waals surface area contributed by atoms with E-state index in [4.69, 9.17) is 4.42 Å². The number of rotatable bonds is 2. The van der Waals surface area contributed by atoms with Crippen LogP contribution < -0.4 is 0 Å². The van der Waals surface area contributed by atoms with Gasteiger partial charge in [0.05, 0.1) is 11.1 Å². The zero-order chi connectivity index (χ0) is 12.5. The molecule has 0 unspecified atom stereocenters. The molecule has 0 spiro atoms. The predicted molar refractivity (Wildman–Crippen MR) is 71.3 cm³/mol. The summed E-state index contributed by atoms with van der Waals surface area (Å²) >= 11 is 0. The molecule has 18 heavy (non-hydrogen) atoms. The summed E-state index contributed by atoms with van der Waals surface area (Å²) in [6.45, 7) is 4.26. The Morgan fingerprint density at radius 3 is 2.56 bits per heavy atom. The fourth-order valence-corrected chi connectivity index (χ4v) is 2.17. The van der Waals surface area contributed by atoms with Crippen LogP contribution in [0, 0.1) is 0 Å². The first kappa shape index (κ1) is 11.0. The normalized spacial score (nSPS) is 11.3.